The largest absolute Gasteiger partial charge is 0.493 e. The fourth-order valence-corrected chi connectivity index (χ4v) is 4.95. The average molecular weight is 460 g/mol. The van der Waals surface area contributed by atoms with Crippen molar-refractivity contribution in [2.45, 2.75) is 17.9 Å². The smallest absolute Gasteiger partial charge is 0.269 e. The summed E-state index contributed by atoms with van der Waals surface area (Å²) in [5.41, 5.74) is 0.119. The van der Waals surface area contributed by atoms with E-state index in [-0.39, 0.29) is 27.6 Å². The fraction of sp³-hybridized carbons (Fsp3) is 0.182. The number of anilines is 1. The van der Waals surface area contributed by atoms with Gasteiger partial charge in [0.1, 0.15) is 5.82 Å². The van der Waals surface area contributed by atoms with Crippen molar-refractivity contribution in [3.63, 3.8) is 0 Å². The van der Waals surface area contributed by atoms with Crippen molar-refractivity contribution in [1.29, 1.82) is 0 Å². The SMILES string of the molecule is COc1ccc(N(C(C)c2ccccc2F)S(=O)(=O)c2ccc([N+](=O)[O-])cc2)cc1OC. The molecule has 0 amide bonds. The Labute approximate surface area is 185 Å². The van der Waals surface area contributed by atoms with Gasteiger partial charge >= 0.3 is 0 Å². The molecule has 8 nitrogen and oxygen atoms in total. The Kier molecular flexibility index (Phi) is 6.64. The zero-order chi connectivity index (χ0) is 23.5. The van der Waals surface area contributed by atoms with E-state index in [1.807, 2.05) is 0 Å². The Hall–Kier alpha value is -3.66. The van der Waals surface area contributed by atoms with Crippen molar-refractivity contribution in [1.82, 2.24) is 0 Å². The lowest BCUT2D eigenvalue weighted by molar-refractivity contribution is -0.384. The monoisotopic (exact) mass is 460 g/mol. The molecular formula is C22H21FN2O6S. The Morgan fingerprint density at radius 2 is 1.59 bits per heavy atom. The van der Waals surface area contributed by atoms with Crippen LogP contribution in [0, 0.1) is 15.9 Å². The number of nitrogens with zero attached hydrogens (tertiary/aromatic N) is 2. The maximum absolute atomic E-state index is 14.6. The van der Waals surface area contributed by atoms with E-state index < -0.39 is 26.8 Å². The number of halogens is 1. The number of sulfonamides is 1. The number of hydrogen-bond donors (Lipinski definition) is 0. The molecule has 0 aromatic heterocycles. The van der Waals surface area contributed by atoms with E-state index in [4.69, 9.17) is 9.47 Å². The molecular weight excluding hydrogens is 439 g/mol. The predicted molar refractivity (Wildman–Crippen MR) is 117 cm³/mol. The maximum Gasteiger partial charge on any atom is 0.269 e. The minimum atomic E-state index is -4.26. The standard InChI is InChI=1S/C22H21FN2O6S/c1-15(19-6-4-5-7-20(19)23)24(17-10-13-21(30-2)22(14-17)31-3)32(28,29)18-11-8-16(9-12-18)25(26)27/h4-15H,1-3H3. The quantitative estimate of drug-likeness (QED) is 0.357. The molecule has 3 aromatic carbocycles. The number of benzene rings is 3. The lowest BCUT2D eigenvalue weighted by atomic mass is 10.1. The first-order valence-electron chi connectivity index (χ1n) is 9.46. The van der Waals surface area contributed by atoms with Crippen LogP contribution < -0.4 is 13.8 Å². The molecule has 0 aliphatic heterocycles. The molecule has 10 heteroatoms. The first-order valence-corrected chi connectivity index (χ1v) is 10.9. The molecule has 0 aliphatic rings. The second-order valence-corrected chi connectivity index (χ2v) is 8.60. The van der Waals surface area contributed by atoms with Gasteiger partial charge < -0.3 is 9.47 Å². The highest BCUT2D eigenvalue weighted by atomic mass is 32.2. The van der Waals surface area contributed by atoms with Crippen molar-refractivity contribution in [2.75, 3.05) is 18.5 Å². The van der Waals surface area contributed by atoms with Crippen LogP contribution in [-0.4, -0.2) is 27.6 Å². The molecule has 0 radical (unpaired) electrons. The highest BCUT2D eigenvalue weighted by Crippen LogP contribution is 2.39. The first kappa shape index (κ1) is 23.0. The number of ether oxygens (including phenoxy) is 2. The summed E-state index contributed by atoms with van der Waals surface area (Å²) in [5.74, 6) is 0.112. The van der Waals surface area contributed by atoms with Crippen molar-refractivity contribution >= 4 is 21.4 Å². The zero-order valence-corrected chi connectivity index (χ0v) is 18.4. The van der Waals surface area contributed by atoms with Crippen LogP contribution in [0.4, 0.5) is 15.8 Å². The molecule has 32 heavy (non-hydrogen) atoms. The number of nitro benzene ring substituents is 1. The summed E-state index contributed by atoms with van der Waals surface area (Å²) in [6.45, 7) is 1.55. The summed E-state index contributed by atoms with van der Waals surface area (Å²) in [6, 6.07) is 14.0. The van der Waals surface area contributed by atoms with Crippen LogP contribution in [0.3, 0.4) is 0 Å². The van der Waals surface area contributed by atoms with Gasteiger partial charge in [-0.25, -0.2) is 12.8 Å². The second-order valence-electron chi connectivity index (χ2n) is 6.79. The number of nitro groups is 1. The predicted octanol–water partition coefficient (Wildman–Crippen LogP) is 4.71. The highest BCUT2D eigenvalue weighted by molar-refractivity contribution is 7.92. The van der Waals surface area contributed by atoms with E-state index in [9.17, 15) is 22.9 Å². The summed E-state index contributed by atoms with van der Waals surface area (Å²) >= 11 is 0. The molecule has 168 valence electrons. The van der Waals surface area contributed by atoms with Crippen LogP contribution in [0.2, 0.25) is 0 Å². The fourth-order valence-electron chi connectivity index (χ4n) is 3.33. The van der Waals surface area contributed by atoms with Crippen molar-refractivity contribution < 1.29 is 27.2 Å². The van der Waals surface area contributed by atoms with Gasteiger partial charge in [0.05, 0.1) is 35.8 Å². The van der Waals surface area contributed by atoms with Crippen LogP contribution in [0.5, 0.6) is 11.5 Å². The summed E-state index contributed by atoms with van der Waals surface area (Å²) in [5, 5.41) is 11.0. The van der Waals surface area contributed by atoms with E-state index in [0.29, 0.717) is 5.75 Å². The van der Waals surface area contributed by atoms with Crippen molar-refractivity contribution in [3.8, 4) is 11.5 Å². The minimum Gasteiger partial charge on any atom is -0.493 e. The Morgan fingerprint density at radius 1 is 0.969 bits per heavy atom. The Balaban J connectivity index is 2.20. The Bertz CT molecular complexity index is 1230. The lowest BCUT2D eigenvalue weighted by Crippen LogP contribution is -2.34. The van der Waals surface area contributed by atoms with Gasteiger partial charge in [-0.1, -0.05) is 18.2 Å². The molecule has 0 saturated carbocycles. The Morgan fingerprint density at radius 3 is 2.16 bits per heavy atom. The van der Waals surface area contributed by atoms with Gasteiger partial charge in [0.2, 0.25) is 0 Å². The van der Waals surface area contributed by atoms with Crippen molar-refractivity contribution in [2.24, 2.45) is 0 Å². The van der Waals surface area contributed by atoms with E-state index >= 15 is 0 Å². The molecule has 0 fully saturated rings. The molecule has 3 rings (SSSR count). The minimum absolute atomic E-state index is 0.160. The van der Waals surface area contributed by atoms with Gasteiger partial charge in [-0.3, -0.25) is 14.4 Å². The molecule has 0 bridgehead atoms. The van der Waals surface area contributed by atoms with E-state index in [0.717, 1.165) is 28.6 Å². The molecule has 0 saturated heterocycles. The third kappa shape index (κ3) is 4.35. The topological polar surface area (TPSA) is 99.0 Å². The first-order chi connectivity index (χ1) is 15.2. The van der Waals surface area contributed by atoms with Gasteiger partial charge in [-0.05, 0) is 37.3 Å². The summed E-state index contributed by atoms with van der Waals surface area (Å²) in [7, 11) is -1.39. The summed E-state index contributed by atoms with van der Waals surface area (Å²) in [4.78, 5) is 10.2. The number of hydrogen-bond acceptors (Lipinski definition) is 6. The van der Waals surface area contributed by atoms with Gasteiger partial charge in [0.25, 0.3) is 15.7 Å². The average Bonchev–Trinajstić information content (AvgIpc) is 2.79. The number of rotatable bonds is 8. The summed E-state index contributed by atoms with van der Waals surface area (Å²) in [6.07, 6.45) is 0. The summed E-state index contributed by atoms with van der Waals surface area (Å²) < 4.78 is 53.5. The molecule has 1 unspecified atom stereocenters. The number of methoxy groups -OCH3 is 2. The van der Waals surface area contributed by atoms with E-state index in [1.54, 1.807) is 19.1 Å². The lowest BCUT2D eigenvalue weighted by Gasteiger charge is -2.31. The van der Waals surface area contributed by atoms with Crippen LogP contribution >= 0.6 is 0 Å². The highest BCUT2D eigenvalue weighted by Gasteiger charge is 2.32. The van der Waals surface area contributed by atoms with Crippen LogP contribution in [0.25, 0.3) is 0 Å². The van der Waals surface area contributed by atoms with Crippen LogP contribution in [0.1, 0.15) is 18.5 Å². The molecule has 0 spiro atoms. The van der Waals surface area contributed by atoms with Gasteiger partial charge in [0.15, 0.2) is 11.5 Å². The van der Waals surface area contributed by atoms with E-state index in [1.165, 1.54) is 44.6 Å². The molecule has 0 N–H and O–H groups in total. The normalized spacial score (nSPS) is 12.1. The van der Waals surface area contributed by atoms with Gasteiger partial charge in [0, 0.05) is 23.8 Å². The van der Waals surface area contributed by atoms with Crippen LogP contribution in [-0.2, 0) is 10.0 Å². The molecule has 0 heterocycles. The zero-order valence-electron chi connectivity index (χ0n) is 17.6. The maximum atomic E-state index is 14.6. The number of non-ortho nitro benzene ring substituents is 1. The van der Waals surface area contributed by atoms with Crippen molar-refractivity contribution in [3.05, 3.63) is 88.2 Å². The third-order valence-electron chi connectivity index (χ3n) is 4.93. The second kappa shape index (κ2) is 9.23. The van der Waals surface area contributed by atoms with Gasteiger partial charge in [-0.2, -0.15) is 0 Å². The molecule has 3 aromatic rings. The van der Waals surface area contributed by atoms with E-state index in [2.05, 4.69) is 0 Å². The van der Waals surface area contributed by atoms with Crippen LogP contribution in [0.15, 0.2) is 71.6 Å². The molecule has 1 atom stereocenters. The van der Waals surface area contributed by atoms with Gasteiger partial charge in [-0.15, -0.1) is 0 Å². The third-order valence-corrected chi connectivity index (χ3v) is 6.85. The molecule has 0 aliphatic carbocycles.